The summed E-state index contributed by atoms with van der Waals surface area (Å²) >= 11 is 5.91. The molecular weight excluding hydrogens is 240 g/mol. The van der Waals surface area contributed by atoms with Gasteiger partial charge >= 0.3 is 5.69 Å². The van der Waals surface area contributed by atoms with Gasteiger partial charge in [0, 0.05) is 12.2 Å². The molecule has 0 atom stereocenters. The second kappa shape index (κ2) is 6.64. The van der Waals surface area contributed by atoms with Gasteiger partial charge in [-0.25, -0.2) is 4.79 Å². The minimum Gasteiger partial charge on any atom is -0.310 e. The van der Waals surface area contributed by atoms with Gasteiger partial charge in [0.1, 0.15) is 5.02 Å². The van der Waals surface area contributed by atoms with Crippen molar-refractivity contribution in [3.8, 4) is 0 Å². The first-order valence-electron chi connectivity index (χ1n) is 6.13. The minimum atomic E-state index is -0.372. The zero-order valence-corrected chi connectivity index (χ0v) is 11.1. The van der Waals surface area contributed by atoms with E-state index in [0.717, 1.165) is 25.7 Å². The fourth-order valence-electron chi connectivity index (χ4n) is 1.73. The van der Waals surface area contributed by atoms with Gasteiger partial charge in [0.05, 0.1) is 0 Å². The van der Waals surface area contributed by atoms with E-state index in [9.17, 15) is 9.59 Å². The predicted octanol–water partition coefficient (Wildman–Crippen LogP) is 2.33. The van der Waals surface area contributed by atoms with Gasteiger partial charge in [0.25, 0.3) is 5.56 Å². The number of nitrogens with one attached hydrogen (secondary N) is 1. The number of hydrogen-bond acceptors (Lipinski definition) is 2. The van der Waals surface area contributed by atoms with Gasteiger partial charge in [0.2, 0.25) is 0 Å². The Kier molecular flexibility index (Phi) is 5.48. The van der Waals surface area contributed by atoms with E-state index in [1.54, 1.807) is 0 Å². The number of unbranched alkanes of at least 4 members (excludes halogenated alkanes) is 3. The van der Waals surface area contributed by atoms with Crippen molar-refractivity contribution in [1.82, 2.24) is 9.55 Å². The van der Waals surface area contributed by atoms with Crippen LogP contribution in [0.3, 0.4) is 0 Å². The first-order valence-corrected chi connectivity index (χ1v) is 6.51. The maximum absolute atomic E-state index is 11.8. The van der Waals surface area contributed by atoms with Crippen molar-refractivity contribution >= 4 is 11.6 Å². The Hall–Kier alpha value is -1.03. The molecule has 96 valence electrons. The molecule has 0 radical (unpaired) electrons. The van der Waals surface area contributed by atoms with Gasteiger partial charge in [-0.15, -0.1) is 0 Å². The number of rotatable bonds is 6. The summed E-state index contributed by atoms with van der Waals surface area (Å²) in [5, 5.41) is 0.141. The zero-order valence-electron chi connectivity index (χ0n) is 10.4. The van der Waals surface area contributed by atoms with Crippen LogP contribution in [-0.4, -0.2) is 9.55 Å². The molecule has 0 bridgehead atoms. The molecule has 0 aliphatic carbocycles. The molecule has 0 aliphatic heterocycles. The highest BCUT2D eigenvalue weighted by Crippen LogP contribution is 2.06. The molecule has 1 rings (SSSR count). The van der Waals surface area contributed by atoms with E-state index in [2.05, 4.69) is 11.9 Å². The average molecular weight is 259 g/mol. The van der Waals surface area contributed by atoms with Crippen LogP contribution in [0.1, 0.15) is 45.2 Å². The lowest BCUT2D eigenvalue weighted by Gasteiger charge is -2.07. The third-order valence-corrected chi connectivity index (χ3v) is 3.18. The van der Waals surface area contributed by atoms with E-state index in [1.807, 2.05) is 6.92 Å². The van der Waals surface area contributed by atoms with Crippen molar-refractivity contribution in [2.45, 2.75) is 52.5 Å². The largest absolute Gasteiger partial charge is 0.328 e. The van der Waals surface area contributed by atoms with Crippen molar-refractivity contribution in [2.75, 3.05) is 0 Å². The van der Waals surface area contributed by atoms with E-state index in [0.29, 0.717) is 18.7 Å². The Balaban J connectivity index is 2.90. The van der Waals surface area contributed by atoms with E-state index in [-0.39, 0.29) is 16.3 Å². The number of aromatic nitrogens is 2. The fraction of sp³-hybridized carbons (Fsp3) is 0.667. The van der Waals surface area contributed by atoms with E-state index >= 15 is 0 Å². The van der Waals surface area contributed by atoms with Crippen molar-refractivity contribution < 1.29 is 0 Å². The van der Waals surface area contributed by atoms with Crippen molar-refractivity contribution in [3.05, 3.63) is 31.6 Å². The van der Waals surface area contributed by atoms with E-state index in [4.69, 9.17) is 11.6 Å². The molecule has 1 aromatic heterocycles. The highest BCUT2D eigenvalue weighted by molar-refractivity contribution is 6.31. The third kappa shape index (κ3) is 3.46. The Bertz CT molecular complexity index is 476. The molecule has 17 heavy (non-hydrogen) atoms. The number of halogens is 1. The van der Waals surface area contributed by atoms with Gasteiger partial charge in [-0.2, -0.15) is 0 Å². The molecule has 1 aromatic rings. The van der Waals surface area contributed by atoms with Crippen LogP contribution in [-0.2, 0) is 13.0 Å². The summed E-state index contributed by atoms with van der Waals surface area (Å²) in [6, 6.07) is 0. The first-order chi connectivity index (χ1) is 8.11. The maximum atomic E-state index is 11.8. The highest BCUT2D eigenvalue weighted by atomic mass is 35.5. The van der Waals surface area contributed by atoms with Gasteiger partial charge < -0.3 is 4.98 Å². The smallest absolute Gasteiger partial charge is 0.310 e. The summed E-state index contributed by atoms with van der Waals surface area (Å²) in [5.41, 5.74) is -0.206. The second-order valence-corrected chi connectivity index (χ2v) is 4.47. The van der Waals surface area contributed by atoms with Crippen LogP contribution in [0.5, 0.6) is 0 Å². The monoisotopic (exact) mass is 258 g/mol. The predicted molar refractivity (Wildman–Crippen MR) is 69.9 cm³/mol. The highest BCUT2D eigenvalue weighted by Gasteiger charge is 2.10. The molecule has 0 spiro atoms. The number of H-pyrrole nitrogens is 1. The summed E-state index contributed by atoms with van der Waals surface area (Å²) in [5.74, 6) is 0. The van der Waals surface area contributed by atoms with Crippen LogP contribution in [0, 0.1) is 0 Å². The summed E-state index contributed by atoms with van der Waals surface area (Å²) < 4.78 is 1.19. The Morgan fingerprint density at radius 1 is 1.18 bits per heavy atom. The lowest BCUT2D eigenvalue weighted by Crippen LogP contribution is -2.36. The van der Waals surface area contributed by atoms with Gasteiger partial charge in [0.15, 0.2) is 0 Å². The number of aryl methyl sites for hydroxylation is 1. The fourth-order valence-corrected chi connectivity index (χ4v) is 2.02. The van der Waals surface area contributed by atoms with Crippen LogP contribution in [0.25, 0.3) is 0 Å². The molecule has 4 nitrogen and oxygen atoms in total. The summed E-state index contributed by atoms with van der Waals surface area (Å²) in [7, 11) is 0. The lowest BCUT2D eigenvalue weighted by molar-refractivity contribution is 0.548. The minimum absolute atomic E-state index is 0.141. The van der Waals surface area contributed by atoms with Crippen LogP contribution < -0.4 is 11.2 Å². The second-order valence-electron chi connectivity index (χ2n) is 4.09. The van der Waals surface area contributed by atoms with E-state index < -0.39 is 0 Å². The van der Waals surface area contributed by atoms with Crippen LogP contribution in [0.4, 0.5) is 0 Å². The molecular formula is C12H19ClN2O2. The van der Waals surface area contributed by atoms with Crippen molar-refractivity contribution in [3.63, 3.8) is 0 Å². The summed E-state index contributed by atoms with van der Waals surface area (Å²) in [6.45, 7) is 4.41. The molecule has 0 aliphatic rings. The lowest BCUT2D eigenvalue weighted by atomic mass is 10.2. The quantitative estimate of drug-likeness (QED) is 0.797. The number of hydrogen-bond donors (Lipinski definition) is 1. The van der Waals surface area contributed by atoms with Crippen LogP contribution in [0.2, 0.25) is 5.02 Å². The summed E-state index contributed by atoms with van der Waals surface area (Å²) in [6.07, 6.45) is 4.66. The summed E-state index contributed by atoms with van der Waals surface area (Å²) in [4.78, 5) is 26.2. The Labute approximate surface area is 106 Å². The first kappa shape index (κ1) is 14.0. The van der Waals surface area contributed by atoms with Crippen molar-refractivity contribution in [2.24, 2.45) is 0 Å². The third-order valence-electron chi connectivity index (χ3n) is 2.79. The molecule has 0 saturated heterocycles. The van der Waals surface area contributed by atoms with Gasteiger partial charge in [-0.3, -0.25) is 9.36 Å². The Morgan fingerprint density at radius 2 is 1.88 bits per heavy atom. The molecule has 0 unspecified atom stereocenters. The standard InChI is InChI=1S/C12H19ClN2O2/c1-3-5-6-7-8-15-11(16)10(13)9(4-2)14-12(15)17/h3-8H2,1-2H3,(H,14,17). The Morgan fingerprint density at radius 3 is 2.47 bits per heavy atom. The molecule has 0 amide bonds. The molecule has 5 heteroatoms. The SMILES string of the molecule is CCCCCCn1c(=O)[nH]c(CC)c(Cl)c1=O. The molecule has 1 N–H and O–H groups in total. The van der Waals surface area contributed by atoms with Crippen LogP contribution >= 0.6 is 11.6 Å². The molecule has 0 aromatic carbocycles. The normalized spacial score (nSPS) is 10.8. The van der Waals surface area contributed by atoms with E-state index in [1.165, 1.54) is 4.57 Å². The topological polar surface area (TPSA) is 54.9 Å². The number of nitrogens with zero attached hydrogens (tertiary/aromatic N) is 1. The average Bonchev–Trinajstić information content (AvgIpc) is 2.32. The maximum Gasteiger partial charge on any atom is 0.328 e. The molecule has 1 heterocycles. The van der Waals surface area contributed by atoms with Crippen LogP contribution in [0.15, 0.2) is 9.59 Å². The number of aromatic amines is 1. The zero-order chi connectivity index (χ0) is 12.8. The van der Waals surface area contributed by atoms with Crippen molar-refractivity contribution in [1.29, 1.82) is 0 Å². The molecule has 0 saturated carbocycles. The van der Waals surface area contributed by atoms with Gasteiger partial charge in [-0.1, -0.05) is 44.7 Å². The van der Waals surface area contributed by atoms with Gasteiger partial charge in [-0.05, 0) is 12.8 Å². The molecule has 0 fully saturated rings.